The number of ether oxygens (including phenoxy) is 1. The molecule has 0 bridgehead atoms. The Morgan fingerprint density at radius 1 is 1.12 bits per heavy atom. The van der Waals surface area contributed by atoms with Gasteiger partial charge >= 0.3 is 6.03 Å². The second kappa shape index (κ2) is 6.64. The van der Waals surface area contributed by atoms with Crippen LogP contribution in [-0.2, 0) is 15.1 Å². The molecule has 7 heteroatoms. The molecule has 1 heterocycles. The lowest BCUT2D eigenvalue weighted by atomic mass is 9.92. The summed E-state index contributed by atoms with van der Waals surface area (Å²) < 4.78 is 5.39. The minimum atomic E-state index is -1.17. The number of urea groups is 1. The van der Waals surface area contributed by atoms with Crippen LogP contribution in [0.3, 0.4) is 0 Å². The molecule has 1 aliphatic heterocycles. The van der Waals surface area contributed by atoms with E-state index in [-0.39, 0.29) is 12.5 Å². The number of benzene rings is 2. The fourth-order valence-corrected chi connectivity index (χ4v) is 2.52. The average Bonchev–Trinajstić information content (AvgIpc) is 2.87. The molecule has 0 spiro atoms. The molecule has 0 saturated carbocycles. The molecule has 0 radical (unpaired) electrons. The largest absolute Gasteiger partial charge is 0.484 e. The summed E-state index contributed by atoms with van der Waals surface area (Å²) in [4.78, 5) is 35.4. The lowest BCUT2D eigenvalue weighted by molar-refractivity contribution is -0.123. The number of rotatable bonds is 5. The molecule has 0 aliphatic carbocycles. The van der Waals surface area contributed by atoms with Gasteiger partial charge in [0.15, 0.2) is 6.61 Å². The Labute approximate surface area is 144 Å². The minimum Gasteiger partial charge on any atom is -0.484 e. The summed E-state index contributed by atoms with van der Waals surface area (Å²) in [6.45, 7) is 1.47. The predicted octanol–water partition coefficient (Wildman–Crippen LogP) is 1.76. The zero-order valence-corrected chi connectivity index (χ0v) is 13.5. The van der Waals surface area contributed by atoms with Crippen molar-refractivity contribution in [1.82, 2.24) is 10.6 Å². The van der Waals surface area contributed by atoms with E-state index in [1.807, 2.05) is 18.2 Å². The number of carbonyl (C=O) groups excluding carboxylic acids is 3. The molecule has 1 saturated heterocycles. The average molecular weight is 339 g/mol. The molecule has 2 aromatic rings. The van der Waals surface area contributed by atoms with E-state index in [0.717, 1.165) is 0 Å². The van der Waals surface area contributed by atoms with Gasteiger partial charge in [-0.2, -0.15) is 0 Å². The number of amides is 4. The molecular weight excluding hydrogens is 322 g/mol. The fourth-order valence-electron chi connectivity index (χ4n) is 2.52. The Morgan fingerprint density at radius 2 is 1.88 bits per heavy atom. The van der Waals surface area contributed by atoms with Gasteiger partial charge in [-0.25, -0.2) is 4.79 Å². The molecule has 4 amide bonds. The Kier molecular flexibility index (Phi) is 4.38. The second-order valence-corrected chi connectivity index (χ2v) is 5.76. The van der Waals surface area contributed by atoms with Gasteiger partial charge in [0.1, 0.15) is 11.3 Å². The van der Waals surface area contributed by atoms with Crippen LogP contribution in [0.25, 0.3) is 0 Å². The van der Waals surface area contributed by atoms with E-state index in [2.05, 4.69) is 16.0 Å². The zero-order valence-electron chi connectivity index (χ0n) is 13.5. The van der Waals surface area contributed by atoms with E-state index in [4.69, 9.17) is 4.74 Å². The van der Waals surface area contributed by atoms with E-state index in [1.54, 1.807) is 43.3 Å². The van der Waals surface area contributed by atoms with Crippen LogP contribution in [0.2, 0.25) is 0 Å². The molecule has 1 atom stereocenters. The van der Waals surface area contributed by atoms with Crippen molar-refractivity contribution in [3.8, 4) is 5.75 Å². The minimum absolute atomic E-state index is 0.136. The molecule has 128 valence electrons. The second-order valence-electron chi connectivity index (χ2n) is 5.76. The topological polar surface area (TPSA) is 96.5 Å². The number of carbonyl (C=O) groups is 3. The third kappa shape index (κ3) is 3.60. The van der Waals surface area contributed by atoms with E-state index in [1.165, 1.54) is 0 Å². The summed E-state index contributed by atoms with van der Waals surface area (Å²) in [6, 6.07) is 15.2. The molecule has 3 rings (SSSR count). The molecule has 0 aromatic heterocycles. The van der Waals surface area contributed by atoms with Crippen molar-refractivity contribution in [3.05, 3.63) is 60.2 Å². The summed E-state index contributed by atoms with van der Waals surface area (Å²) in [5, 5.41) is 7.51. The van der Waals surface area contributed by atoms with Crippen LogP contribution < -0.4 is 20.7 Å². The van der Waals surface area contributed by atoms with Crippen molar-refractivity contribution >= 4 is 23.5 Å². The van der Waals surface area contributed by atoms with Crippen LogP contribution in [-0.4, -0.2) is 24.5 Å². The predicted molar refractivity (Wildman–Crippen MR) is 91.0 cm³/mol. The van der Waals surface area contributed by atoms with Gasteiger partial charge in [0, 0.05) is 5.69 Å². The molecule has 2 aromatic carbocycles. The van der Waals surface area contributed by atoms with Crippen molar-refractivity contribution in [3.63, 3.8) is 0 Å². The van der Waals surface area contributed by atoms with Gasteiger partial charge in [-0.15, -0.1) is 0 Å². The van der Waals surface area contributed by atoms with Crippen molar-refractivity contribution in [1.29, 1.82) is 0 Å². The third-order valence-corrected chi connectivity index (χ3v) is 3.88. The number of hydrogen-bond acceptors (Lipinski definition) is 4. The first kappa shape index (κ1) is 16.5. The number of para-hydroxylation sites is 1. The van der Waals surface area contributed by atoms with Gasteiger partial charge in [0.2, 0.25) is 0 Å². The highest BCUT2D eigenvalue weighted by Gasteiger charge is 2.43. The molecule has 7 nitrogen and oxygen atoms in total. The highest BCUT2D eigenvalue weighted by Crippen LogP contribution is 2.26. The van der Waals surface area contributed by atoms with Crippen molar-refractivity contribution in [2.24, 2.45) is 0 Å². The maximum absolute atomic E-state index is 12.0. The van der Waals surface area contributed by atoms with Gasteiger partial charge in [-0.05, 0) is 36.8 Å². The third-order valence-electron chi connectivity index (χ3n) is 3.88. The van der Waals surface area contributed by atoms with E-state index in [9.17, 15) is 14.4 Å². The Hall–Kier alpha value is -3.35. The van der Waals surface area contributed by atoms with Crippen LogP contribution in [0, 0.1) is 0 Å². The molecule has 1 aliphatic rings. The van der Waals surface area contributed by atoms with Crippen LogP contribution in [0.1, 0.15) is 12.5 Å². The van der Waals surface area contributed by atoms with Crippen LogP contribution >= 0.6 is 0 Å². The van der Waals surface area contributed by atoms with E-state index < -0.39 is 17.5 Å². The van der Waals surface area contributed by atoms with Gasteiger partial charge in [0.05, 0.1) is 0 Å². The van der Waals surface area contributed by atoms with Crippen LogP contribution in [0.15, 0.2) is 54.6 Å². The summed E-state index contributed by atoms with van der Waals surface area (Å²) >= 11 is 0. The lowest BCUT2D eigenvalue weighted by Gasteiger charge is -2.21. The fraction of sp³-hybridized carbons (Fsp3) is 0.167. The Morgan fingerprint density at radius 3 is 2.56 bits per heavy atom. The van der Waals surface area contributed by atoms with E-state index >= 15 is 0 Å². The first-order valence-corrected chi connectivity index (χ1v) is 7.69. The summed E-state index contributed by atoms with van der Waals surface area (Å²) in [7, 11) is 0. The van der Waals surface area contributed by atoms with Crippen molar-refractivity contribution < 1.29 is 19.1 Å². The van der Waals surface area contributed by atoms with Crippen LogP contribution in [0.5, 0.6) is 5.75 Å². The quantitative estimate of drug-likeness (QED) is 0.723. The smallest absolute Gasteiger partial charge is 0.322 e. The van der Waals surface area contributed by atoms with Gasteiger partial charge in [0.25, 0.3) is 11.8 Å². The molecule has 1 unspecified atom stereocenters. The van der Waals surface area contributed by atoms with E-state index in [0.29, 0.717) is 17.0 Å². The highest BCUT2D eigenvalue weighted by atomic mass is 16.5. The highest BCUT2D eigenvalue weighted by molar-refractivity contribution is 6.07. The molecule has 3 N–H and O–H groups in total. The van der Waals surface area contributed by atoms with Crippen molar-refractivity contribution in [2.75, 3.05) is 11.9 Å². The number of nitrogens with one attached hydrogen (secondary N) is 3. The summed E-state index contributed by atoms with van der Waals surface area (Å²) in [5.41, 5.74) is -0.0924. The SMILES string of the molecule is CC1(c2cccc(NC(=O)COc3ccccc3)c2)NC(=O)NC1=O. The zero-order chi connectivity index (χ0) is 17.9. The molecule has 25 heavy (non-hydrogen) atoms. The van der Waals surface area contributed by atoms with Crippen LogP contribution in [0.4, 0.5) is 10.5 Å². The number of hydrogen-bond donors (Lipinski definition) is 3. The lowest BCUT2D eigenvalue weighted by Crippen LogP contribution is -2.40. The number of anilines is 1. The van der Waals surface area contributed by atoms with Gasteiger partial charge in [-0.3, -0.25) is 14.9 Å². The normalized spacial score (nSPS) is 19.1. The van der Waals surface area contributed by atoms with Gasteiger partial charge in [-0.1, -0.05) is 30.3 Å². The first-order chi connectivity index (χ1) is 12.0. The first-order valence-electron chi connectivity index (χ1n) is 7.69. The molecular formula is C18H17N3O4. The standard InChI is InChI=1S/C18H17N3O4/c1-18(16(23)20-17(24)21-18)12-6-5-7-13(10-12)19-15(22)11-25-14-8-3-2-4-9-14/h2-10H,11H2,1H3,(H,19,22)(H2,20,21,23,24). The monoisotopic (exact) mass is 339 g/mol. The number of imide groups is 1. The Bertz CT molecular complexity index is 822. The Balaban J connectivity index is 1.67. The summed E-state index contributed by atoms with van der Waals surface area (Å²) in [5.74, 6) is -0.163. The van der Waals surface area contributed by atoms with Gasteiger partial charge < -0.3 is 15.4 Å². The van der Waals surface area contributed by atoms with Crippen molar-refractivity contribution in [2.45, 2.75) is 12.5 Å². The summed E-state index contributed by atoms with van der Waals surface area (Å²) in [6.07, 6.45) is 0. The maximum atomic E-state index is 12.0. The molecule has 1 fully saturated rings. The maximum Gasteiger partial charge on any atom is 0.322 e.